The first kappa shape index (κ1) is 8.11. The van der Waals surface area contributed by atoms with Gasteiger partial charge in [0, 0.05) is 24.2 Å². The number of hydrogen-bond acceptors (Lipinski definition) is 3. The highest BCUT2D eigenvalue weighted by molar-refractivity contribution is 7.22. The highest BCUT2D eigenvalue weighted by Gasteiger charge is 2.32. The van der Waals surface area contributed by atoms with Gasteiger partial charge < -0.3 is 0 Å². The number of aromatic nitrogens is 4. The number of fused-ring (bicyclic) bond motifs is 7. The number of rotatable bonds is 0. The molecule has 0 aromatic carbocycles. The average molecular weight is 282 g/mol. The van der Waals surface area contributed by atoms with Crippen molar-refractivity contribution in [2.75, 3.05) is 0 Å². The lowest BCUT2D eigenvalue weighted by Gasteiger charge is -1.93. The van der Waals surface area contributed by atoms with Gasteiger partial charge in [0.05, 0.1) is 16.7 Å². The molecule has 5 rings (SSSR count). The minimum atomic E-state index is -2.25. The molecule has 0 amide bonds. The van der Waals surface area contributed by atoms with Crippen molar-refractivity contribution in [3.8, 4) is 10.6 Å². The predicted molar refractivity (Wildman–Crippen MR) is 78.6 cm³/mol. The second kappa shape index (κ2) is 3.43. The first-order valence-electron chi connectivity index (χ1n) is 7.81. The van der Waals surface area contributed by atoms with E-state index in [2.05, 4.69) is 14.5 Å². The van der Waals surface area contributed by atoms with Gasteiger partial charge in [-0.3, -0.25) is 9.97 Å². The van der Waals surface area contributed by atoms with Crippen LogP contribution in [0.25, 0.3) is 32.0 Å². The zero-order valence-electron chi connectivity index (χ0n) is 13.4. The number of hydrogen-bond donors (Lipinski definition) is 0. The molecule has 5 heteroatoms. The molecule has 5 heterocycles. The molecule has 4 aromatic rings. The van der Waals surface area contributed by atoms with E-state index in [1.54, 1.807) is 29.8 Å². The molecule has 0 fully saturated rings. The van der Waals surface area contributed by atoms with Crippen molar-refractivity contribution in [1.82, 2.24) is 14.5 Å². The molecule has 0 radical (unpaired) electrons. The Morgan fingerprint density at radius 1 is 1.40 bits per heavy atom. The van der Waals surface area contributed by atoms with Crippen LogP contribution in [-0.2, 0) is 13.5 Å². The summed E-state index contributed by atoms with van der Waals surface area (Å²) in [5, 5.41) is 1.05. The molecule has 4 nitrogen and oxygen atoms in total. The molecule has 0 spiro atoms. The van der Waals surface area contributed by atoms with Crippen LogP contribution in [-0.4, -0.2) is 14.5 Å². The van der Waals surface area contributed by atoms with E-state index >= 15 is 0 Å². The van der Waals surface area contributed by atoms with Crippen molar-refractivity contribution in [1.29, 1.82) is 0 Å². The molecule has 0 saturated heterocycles. The van der Waals surface area contributed by atoms with Crippen LogP contribution in [0.15, 0.2) is 36.8 Å². The van der Waals surface area contributed by atoms with Gasteiger partial charge >= 0.3 is 5.65 Å². The lowest BCUT2D eigenvalue weighted by atomic mass is 10.2. The van der Waals surface area contributed by atoms with Gasteiger partial charge in [0.25, 0.3) is 0 Å². The lowest BCUT2D eigenvalue weighted by Crippen LogP contribution is -2.32. The molecular formula is C15H11N4S+. The van der Waals surface area contributed by atoms with Gasteiger partial charge in [0.2, 0.25) is 0 Å². The number of pyridine rings is 2. The van der Waals surface area contributed by atoms with E-state index in [1.165, 1.54) is 10.1 Å². The summed E-state index contributed by atoms with van der Waals surface area (Å²) in [5.41, 5.74) is 4.36. The van der Waals surface area contributed by atoms with Gasteiger partial charge in [-0.2, -0.15) is 0 Å². The third-order valence-corrected chi connectivity index (χ3v) is 5.04. The minimum absolute atomic E-state index is 0.651. The quantitative estimate of drug-likeness (QED) is 0.409. The van der Waals surface area contributed by atoms with E-state index < -0.39 is 6.98 Å². The van der Waals surface area contributed by atoms with Crippen LogP contribution >= 0.6 is 11.3 Å². The van der Waals surface area contributed by atoms with Crippen LogP contribution in [0.4, 0.5) is 0 Å². The first-order chi connectivity index (χ1) is 11.1. The maximum atomic E-state index is 7.96. The van der Waals surface area contributed by atoms with Gasteiger partial charge in [-0.1, -0.05) is 11.3 Å². The smallest absolute Gasteiger partial charge is 0.264 e. The van der Waals surface area contributed by atoms with Crippen molar-refractivity contribution in [2.45, 2.75) is 6.54 Å². The van der Waals surface area contributed by atoms with Crippen molar-refractivity contribution < 1.29 is 8.68 Å². The number of nitrogens with zero attached hydrogens (tertiary/aromatic N) is 4. The standard InChI is InChI=1S/C15H11N4S/c1-18-11-3-2-5-17-12(11)13-14(18)19-8-9-4-6-16-7-10(9)15(19)20-13/h2-7H,8H2,1H3/q+1/i1D3. The highest BCUT2D eigenvalue weighted by Crippen LogP contribution is 2.38. The monoisotopic (exact) mass is 282 g/mol. The van der Waals surface area contributed by atoms with E-state index in [0.717, 1.165) is 26.4 Å². The zero-order valence-corrected chi connectivity index (χ0v) is 11.2. The van der Waals surface area contributed by atoms with Crippen LogP contribution in [0.1, 0.15) is 9.68 Å². The molecule has 0 bridgehead atoms. The third-order valence-electron chi connectivity index (χ3n) is 3.83. The molecule has 1 aliphatic heterocycles. The summed E-state index contributed by atoms with van der Waals surface area (Å²) in [5.74, 6) is 0. The minimum Gasteiger partial charge on any atom is -0.264 e. The first-order valence-corrected chi connectivity index (χ1v) is 7.13. The maximum Gasteiger partial charge on any atom is 0.303 e. The molecule has 0 saturated carbocycles. The fourth-order valence-electron chi connectivity index (χ4n) is 2.93. The van der Waals surface area contributed by atoms with Gasteiger partial charge in [0.1, 0.15) is 12.1 Å². The summed E-state index contributed by atoms with van der Waals surface area (Å²) >= 11 is 1.59. The second-order valence-corrected chi connectivity index (χ2v) is 5.88. The van der Waals surface area contributed by atoms with E-state index in [9.17, 15) is 0 Å². The van der Waals surface area contributed by atoms with Gasteiger partial charge in [0.15, 0.2) is 15.2 Å². The largest absolute Gasteiger partial charge is 0.303 e. The molecule has 20 heavy (non-hydrogen) atoms. The van der Waals surface area contributed by atoms with Crippen molar-refractivity contribution in [3.05, 3.63) is 42.4 Å². The van der Waals surface area contributed by atoms with Crippen molar-refractivity contribution in [3.63, 3.8) is 0 Å². The van der Waals surface area contributed by atoms with Gasteiger partial charge in [-0.25, -0.2) is 9.13 Å². The van der Waals surface area contributed by atoms with E-state index in [1.807, 2.05) is 18.3 Å². The number of aryl methyl sites for hydroxylation is 1. The molecule has 0 unspecified atom stereocenters. The molecule has 0 atom stereocenters. The number of thiazole rings is 1. The van der Waals surface area contributed by atoms with Crippen LogP contribution < -0.4 is 4.57 Å². The van der Waals surface area contributed by atoms with Crippen LogP contribution in [0.2, 0.25) is 0 Å². The van der Waals surface area contributed by atoms with Crippen LogP contribution in [0, 0.1) is 0 Å². The topological polar surface area (TPSA) is 34.6 Å². The van der Waals surface area contributed by atoms with E-state index in [-0.39, 0.29) is 0 Å². The summed E-state index contributed by atoms with van der Waals surface area (Å²) in [6.45, 7) is -1.59. The summed E-state index contributed by atoms with van der Waals surface area (Å²) in [4.78, 5) is 8.63. The van der Waals surface area contributed by atoms with Crippen molar-refractivity contribution in [2.24, 2.45) is 6.98 Å². The van der Waals surface area contributed by atoms with Crippen LogP contribution in [0.5, 0.6) is 0 Å². The molecule has 1 aliphatic rings. The normalized spacial score (nSPS) is 15.9. The highest BCUT2D eigenvalue weighted by atomic mass is 32.1. The Hall–Kier alpha value is -2.27. The molecular weight excluding hydrogens is 268 g/mol. The Labute approximate surface area is 123 Å². The average Bonchev–Trinajstić information content (AvgIpc) is 3.13. The summed E-state index contributed by atoms with van der Waals surface area (Å²) in [6.07, 6.45) is 5.32. The van der Waals surface area contributed by atoms with Crippen molar-refractivity contribution >= 4 is 32.7 Å². The third kappa shape index (κ3) is 1.10. The second-order valence-electron chi connectivity index (χ2n) is 4.89. The Morgan fingerprint density at radius 3 is 3.35 bits per heavy atom. The Morgan fingerprint density at radius 2 is 2.40 bits per heavy atom. The summed E-state index contributed by atoms with van der Waals surface area (Å²) in [7, 11) is 0. The Kier molecular flexibility index (Phi) is 1.39. The Balaban J connectivity index is 1.97. The predicted octanol–water partition coefficient (Wildman–Crippen LogP) is 2.50. The summed E-state index contributed by atoms with van der Waals surface area (Å²) < 4.78 is 28.3. The molecule has 0 aliphatic carbocycles. The SMILES string of the molecule is [2H]C([2H])([2H])n1c2cccnc2c2sc3[n+](c21)Cc1ccncc1-3. The van der Waals surface area contributed by atoms with Gasteiger partial charge in [-0.15, -0.1) is 0 Å². The molecule has 4 aromatic heterocycles. The summed E-state index contributed by atoms with van der Waals surface area (Å²) in [6, 6.07) is 5.58. The fraction of sp³-hybridized carbons (Fsp3) is 0.133. The molecule has 0 N–H and O–H groups in total. The lowest BCUT2D eigenvalue weighted by molar-refractivity contribution is -0.644. The van der Waals surface area contributed by atoms with Crippen LogP contribution in [0.3, 0.4) is 0 Å². The molecule has 96 valence electrons. The Bertz CT molecular complexity index is 1090. The van der Waals surface area contributed by atoms with E-state index in [4.69, 9.17) is 4.11 Å². The van der Waals surface area contributed by atoms with E-state index in [0.29, 0.717) is 12.1 Å². The zero-order chi connectivity index (χ0) is 15.8. The fourth-order valence-corrected chi connectivity index (χ4v) is 4.23. The van der Waals surface area contributed by atoms with Gasteiger partial charge in [-0.05, 0) is 18.2 Å². The maximum absolute atomic E-state index is 7.96.